The second-order valence-electron chi connectivity index (χ2n) is 8.78. The molecule has 3 nitrogen and oxygen atoms in total. The van der Waals surface area contributed by atoms with Crippen molar-refractivity contribution in [1.29, 1.82) is 0 Å². The number of nitrogens with one attached hydrogen (secondary N) is 1. The summed E-state index contributed by atoms with van der Waals surface area (Å²) in [5.41, 5.74) is 0.580. The first-order valence-corrected chi connectivity index (χ1v) is 8.20. The van der Waals surface area contributed by atoms with Crippen LogP contribution in [0.4, 0.5) is 0 Å². The molecule has 1 saturated carbocycles. The number of hydrogen-bond acceptors (Lipinski definition) is 0. The van der Waals surface area contributed by atoms with E-state index in [2.05, 4.69) is 35.2 Å². The van der Waals surface area contributed by atoms with E-state index in [1.807, 2.05) is 4.90 Å². The molecule has 3 heteroatoms. The van der Waals surface area contributed by atoms with E-state index < -0.39 is 0 Å². The van der Waals surface area contributed by atoms with E-state index in [0.717, 1.165) is 4.48 Å². The van der Waals surface area contributed by atoms with Crippen LogP contribution in [0.15, 0.2) is 0 Å². The fourth-order valence-corrected chi connectivity index (χ4v) is 4.40. The summed E-state index contributed by atoms with van der Waals surface area (Å²) in [6, 6.07) is 0. The predicted octanol–water partition coefficient (Wildman–Crippen LogP) is 0.370. The number of piperazine rings is 1. The summed E-state index contributed by atoms with van der Waals surface area (Å²) in [7, 11) is 11.9. The molecule has 0 bridgehead atoms. The van der Waals surface area contributed by atoms with Gasteiger partial charge in [0.25, 0.3) is 0 Å². The van der Waals surface area contributed by atoms with E-state index in [4.69, 9.17) is 0 Å². The van der Waals surface area contributed by atoms with Gasteiger partial charge in [0.15, 0.2) is 0 Å². The molecule has 0 spiro atoms. The largest absolute Gasteiger partial charge is 0.326 e. The number of quaternary nitrogens is 3. The van der Waals surface area contributed by atoms with Gasteiger partial charge in [-0.2, -0.15) is 0 Å². The van der Waals surface area contributed by atoms with Crippen molar-refractivity contribution in [2.24, 2.45) is 0 Å². The van der Waals surface area contributed by atoms with Crippen LogP contribution >= 0.6 is 0 Å². The average molecular weight is 270 g/mol. The van der Waals surface area contributed by atoms with E-state index in [9.17, 15) is 0 Å². The minimum Gasteiger partial charge on any atom is -0.326 e. The summed E-state index contributed by atoms with van der Waals surface area (Å²) in [6.45, 7) is 6.83. The zero-order chi connectivity index (χ0) is 14.1. The van der Waals surface area contributed by atoms with Crippen LogP contribution < -0.4 is 4.90 Å². The van der Waals surface area contributed by atoms with Crippen LogP contribution in [-0.4, -0.2) is 82.5 Å². The molecule has 1 saturated heterocycles. The van der Waals surface area contributed by atoms with Crippen molar-refractivity contribution in [3.05, 3.63) is 0 Å². The van der Waals surface area contributed by atoms with Crippen molar-refractivity contribution in [2.75, 3.05) is 68.0 Å². The highest BCUT2D eigenvalue weighted by atomic mass is 15.4. The minimum atomic E-state index is 0.580. The summed E-state index contributed by atoms with van der Waals surface area (Å²) in [4.78, 5) is 1.93. The van der Waals surface area contributed by atoms with Crippen molar-refractivity contribution in [1.82, 2.24) is 0 Å². The van der Waals surface area contributed by atoms with E-state index in [0.29, 0.717) is 5.54 Å². The van der Waals surface area contributed by atoms with Gasteiger partial charge in [0.1, 0.15) is 38.3 Å². The molecular weight excluding hydrogens is 234 g/mol. The molecule has 0 atom stereocenters. The van der Waals surface area contributed by atoms with Crippen LogP contribution in [0.25, 0.3) is 0 Å². The van der Waals surface area contributed by atoms with Crippen LogP contribution in [0, 0.1) is 0 Å². The summed E-state index contributed by atoms with van der Waals surface area (Å²) >= 11 is 0. The molecule has 1 aliphatic carbocycles. The van der Waals surface area contributed by atoms with E-state index in [1.54, 1.807) is 0 Å². The molecule has 1 N–H and O–H groups in total. The fraction of sp³-hybridized carbons (Fsp3) is 1.00. The van der Waals surface area contributed by atoms with Gasteiger partial charge in [-0.3, -0.25) is 0 Å². The molecule has 0 aromatic carbocycles. The number of nitrogens with zero attached hydrogens (tertiary/aromatic N) is 2. The van der Waals surface area contributed by atoms with E-state index >= 15 is 0 Å². The quantitative estimate of drug-likeness (QED) is 0.707. The Balaban J connectivity index is 2.09. The average Bonchev–Trinajstić information content (AvgIpc) is 2.27. The Morgan fingerprint density at radius 3 is 1.95 bits per heavy atom. The van der Waals surface area contributed by atoms with Crippen LogP contribution in [0.1, 0.15) is 32.1 Å². The molecule has 1 heterocycles. The SMILES string of the molecule is C[N+](C)(C)CC1([NH+]2CC[N+](C)(C)CC2)CCCCC1. The van der Waals surface area contributed by atoms with Crippen molar-refractivity contribution < 1.29 is 13.9 Å². The Kier molecular flexibility index (Phi) is 4.29. The lowest BCUT2D eigenvalue weighted by atomic mass is 9.79. The Bertz CT molecular complexity index is 288. The lowest BCUT2D eigenvalue weighted by Crippen LogP contribution is -3.24. The molecule has 2 aliphatic rings. The maximum absolute atomic E-state index is 2.39. The maximum Gasteiger partial charge on any atom is 0.147 e. The zero-order valence-corrected chi connectivity index (χ0v) is 14.0. The zero-order valence-electron chi connectivity index (χ0n) is 14.0. The first-order valence-electron chi connectivity index (χ1n) is 8.20. The Labute approximate surface area is 120 Å². The standard InChI is InChI=1S/C16H35N3/c1-18(2,3)15-16(9-7-6-8-10-16)17-11-13-19(4,5)14-12-17/h6-15H2,1-5H3/q+2/p+1. The first kappa shape index (κ1) is 15.3. The lowest BCUT2D eigenvalue weighted by Gasteiger charge is -2.49. The lowest BCUT2D eigenvalue weighted by molar-refractivity contribution is -1.05. The summed E-state index contributed by atoms with van der Waals surface area (Å²) < 4.78 is 2.35. The smallest absolute Gasteiger partial charge is 0.147 e. The molecule has 2 fully saturated rings. The fourth-order valence-electron chi connectivity index (χ4n) is 4.40. The highest BCUT2D eigenvalue weighted by Crippen LogP contribution is 2.27. The third kappa shape index (κ3) is 3.93. The molecule has 0 aromatic rings. The van der Waals surface area contributed by atoms with Crippen molar-refractivity contribution in [2.45, 2.75) is 37.6 Å². The topological polar surface area (TPSA) is 4.44 Å². The molecule has 2 rings (SSSR count). The number of rotatable bonds is 3. The molecule has 0 radical (unpaired) electrons. The molecule has 0 aromatic heterocycles. The molecule has 0 unspecified atom stereocenters. The first-order chi connectivity index (χ1) is 8.73. The minimum absolute atomic E-state index is 0.580. The van der Waals surface area contributed by atoms with Crippen molar-refractivity contribution in [3.8, 4) is 0 Å². The monoisotopic (exact) mass is 270 g/mol. The van der Waals surface area contributed by atoms with Gasteiger partial charge in [0.2, 0.25) is 0 Å². The Hall–Kier alpha value is -0.120. The molecule has 1 aliphatic heterocycles. The molecule has 19 heavy (non-hydrogen) atoms. The van der Waals surface area contributed by atoms with Crippen LogP contribution in [0.3, 0.4) is 0 Å². The van der Waals surface area contributed by atoms with Gasteiger partial charge < -0.3 is 13.9 Å². The van der Waals surface area contributed by atoms with Gasteiger partial charge in [-0.05, 0) is 12.8 Å². The van der Waals surface area contributed by atoms with Gasteiger partial charge in [0.05, 0.1) is 35.2 Å². The van der Waals surface area contributed by atoms with Crippen LogP contribution in [-0.2, 0) is 0 Å². The number of hydrogen-bond donors (Lipinski definition) is 1. The second kappa shape index (κ2) is 5.34. The summed E-state index contributed by atoms with van der Waals surface area (Å²) in [6.07, 6.45) is 7.31. The molecule has 0 amide bonds. The van der Waals surface area contributed by atoms with Crippen molar-refractivity contribution >= 4 is 0 Å². The van der Waals surface area contributed by atoms with Gasteiger partial charge in [-0.1, -0.05) is 6.42 Å². The van der Waals surface area contributed by atoms with Gasteiger partial charge in [-0.25, -0.2) is 0 Å². The highest BCUT2D eigenvalue weighted by molar-refractivity contribution is 4.83. The molecular formula is C16H36N3+3. The predicted molar refractivity (Wildman–Crippen MR) is 81.3 cm³/mol. The molecule has 112 valence electrons. The third-order valence-corrected chi connectivity index (χ3v) is 5.38. The normalized spacial score (nSPS) is 28.3. The summed E-state index contributed by atoms with van der Waals surface area (Å²) in [5.74, 6) is 0. The Morgan fingerprint density at radius 1 is 0.947 bits per heavy atom. The number of likely N-dealkylation sites (N-methyl/N-ethyl adjacent to an activating group) is 2. The second-order valence-corrected chi connectivity index (χ2v) is 8.78. The van der Waals surface area contributed by atoms with Gasteiger partial charge in [-0.15, -0.1) is 0 Å². The van der Waals surface area contributed by atoms with E-state index in [-0.39, 0.29) is 0 Å². The maximum atomic E-state index is 2.39. The van der Waals surface area contributed by atoms with Crippen molar-refractivity contribution in [3.63, 3.8) is 0 Å². The Morgan fingerprint density at radius 2 is 1.47 bits per heavy atom. The highest BCUT2D eigenvalue weighted by Gasteiger charge is 2.48. The third-order valence-electron chi connectivity index (χ3n) is 5.38. The summed E-state index contributed by atoms with van der Waals surface area (Å²) in [5, 5.41) is 0. The van der Waals surface area contributed by atoms with Crippen LogP contribution in [0.2, 0.25) is 0 Å². The van der Waals surface area contributed by atoms with Gasteiger partial charge in [0, 0.05) is 12.8 Å². The van der Waals surface area contributed by atoms with Gasteiger partial charge >= 0.3 is 0 Å². The van der Waals surface area contributed by atoms with Crippen LogP contribution in [0.5, 0.6) is 0 Å². The van der Waals surface area contributed by atoms with E-state index in [1.165, 1.54) is 69.3 Å².